The molecule has 2 saturated heterocycles. The first kappa shape index (κ1) is 25.2. The number of hydrogen-bond donors (Lipinski definition) is 1. The maximum absolute atomic E-state index is 13.4. The van der Waals surface area contributed by atoms with Gasteiger partial charge < -0.3 is 15.1 Å². The Balaban J connectivity index is 1.47. The quantitative estimate of drug-likeness (QED) is 0.637. The third kappa shape index (κ3) is 5.35. The van der Waals surface area contributed by atoms with E-state index in [1.807, 2.05) is 18.7 Å². The number of carbonyl (C=O) groups excluding carboxylic acids is 2. The van der Waals surface area contributed by atoms with Gasteiger partial charge in [-0.25, -0.2) is 0 Å². The summed E-state index contributed by atoms with van der Waals surface area (Å²) in [5.74, 6) is 0.234. The fraction of sp³-hybridized carbons (Fsp3) is 0.724. The van der Waals surface area contributed by atoms with E-state index in [0.29, 0.717) is 18.4 Å². The Morgan fingerprint density at radius 2 is 1.82 bits per heavy atom. The summed E-state index contributed by atoms with van der Waals surface area (Å²) in [5.41, 5.74) is 3.35. The highest BCUT2D eigenvalue weighted by Crippen LogP contribution is 2.48. The van der Waals surface area contributed by atoms with E-state index in [1.54, 1.807) is 0 Å². The number of carbonyl (C=O) groups is 2. The van der Waals surface area contributed by atoms with Crippen molar-refractivity contribution in [2.24, 2.45) is 11.3 Å². The van der Waals surface area contributed by atoms with Gasteiger partial charge in [-0.15, -0.1) is 0 Å². The van der Waals surface area contributed by atoms with Crippen LogP contribution in [0.4, 0.5) is 0 Å². The molecular weight excluding hydrogens is 422 g/mol. The predicted molar refractivity (Wildman–Crippen MR) is 138 cm³/mol. The third-order valence-corrected chi connectivity index (χ3v) is 8.47. The molecule has 5 heteroatoms. The molecular formula is C29H45N3O2. The van der Waals surface area contributed by atoms with E-state index < -0.39 is 0 Å². The Kier molecular flexibility index (Phi) is 7.42. The molecule has 1 aromatic carbocycles. The lowest BCUT2D eigenvalue weighted by Gasteiger charge is -2.47. The van der Waals surface area contributed by atoms with Gasteiger partial charge in [0.15, 0.2) is 0 Å². The molecule has 0 bridgehead atoms. The fourth-order valence-corrected chi connectivity index (χ4v) is 6.39. The molecule has 0 radical (unpaired) electrons. The number of nitrogens with one attached hydrogen (secondary N) is 1. The molecule has 1 aliphatic carbocycles. The second-order valence-corrected chi connectivity index (χ2v) is 12.5. The highest BCUT2D eigenvalue weighted by Gasteiger charge is 2.43. The van der Waals surface area contributed by atoms with Crippen LogP contribution in [0, 0.1) is 11.3 Å². The van der Waals surface area contributed by atoms with Crippen LogP contribution in [0.15, 0.2) is 24.3 Å². The van der Waals surface area contributed by atoms with Gasteiger partial charge in [-0.1, -0.05) is 58.9 Å². The van der Waals surface area contributed by atoms with E-state index >= 15 is 0 Å². The van der Waals surface area contributed by atoms with E-state index in [9.17, 15) is 9.59 Å². The zero-order valence-corrected chi connectivity index (χ0v) is 22.0. The molecule has 1 N–H and O–H groups in total. The number of rotatable bonds is 6. The highest BCUT2D eigenvalue weighted by atomic mass is 16.2. The monoisotopic (exact) mass is 467 g/mol. The van der Waals surface area contributed by atoms with Crippen LogP contribution < -0.4 is 5.32 Å². The predicted octanol–water partition coefficient (Wildman–Crippen LogP) is 5.05. The normalized spacial score (nSPS) is 23.9. The van der Waals surface area contributed by atoms with E-state index in [4.69, 9.17) is 0 Å². The Morgan fingerprint density at radius 3 is 2.44 bits per heavy atom. The van der Waals surface area contributed by atoms with E-state index in [1.165, 1.54) is 36.9 Å². The molecule has 4 rings (SSSR count). The van der Waals surface area contributed by atoms with Crippen LogP contribution in [0.1, 0.15) is 96.7 Å². The summed E-state index contributed by atoms with van der Waals surface area (Å²) < 4.78 is 0. The van der Waals surface area contributed by atoms with Gasteiger partial charge in [0.1, 0.15) is 6.04 Å². The average Bonchev–Trinajstić information content (AvgIpc) is 3.20. The number of piperidine rings is 1. The van der Waals surface area contributed by atoms with Crippen LogP contribution in [-0.2, 0) is 15.0 Å². The average molecular weight is 468 g/mol. The maximum atomic E-state index is 13.4. The molecule has 5 nitrogen and oxygen atoms in total. The van der Waals surface area contributed by atoms with Crippen LogP contribution in [0.25, 0.3) is 0 Å². The van der Waals surface area contributed by atoms with Crippen molar-refractivity contribution in [1.29, 1.82) is 0 Å². The van der Waals surface area contributed by atoms with Crippen molar-refractivity contribution in [1.82, 2.24) is 15.1 Å². The number of amides is 2. The van der Waals surface area contributed by atoms with Gasteiger partial charge in [0.2, 0.25) is 11.8 Å². The van der Waals surface area contributed by atoms with Crippen molar-refractivity contribution >= 4 is 11.8 Å². The zero-order chi connectivity index (χ0) is 24.5. The fourth-order valence-electron chi connectivity index (χ4n) is 6.39. The third-order valence-electron chi connectivity index (χ3n) is 8.47. The molecule has 2 atom stereocenters. The maximum Gasteiger partial charge on any atom is 0.243 e. The highest BCUT2D eigenvalue weighted by molar-refractivity contribution is 5.89. The lowest BCUT2D eigenvalue weighted by atomic mass is 9.63. The van der Waals surface area contributed by atoms with Gasteiger partial charge in [-0.2, -0.15) is 0 Å². The van der Waals surface area contributed by atoms with Crippen molar-refractivity contribution in [3.8, 4) is 0 Å². The van der Waals surface area contributed by atoms with E-state index in [-0.39, 0.29) is 35.2 Å². The van der Waals surface area contributed by atoms with Gasteiger partial charge in [0.05, 0.1) is 6.04 Å². The van der Waals surface area contributed by atoms with Crippen molar-refractivity contribution in [2.75, 3.05) is 26.2 Å². The molecule has 0 aromatic heterocycles. The molecule has 0 unspecified atom stereocenters. The molecule has 34 heavy (non-hydrogen) atoms. The Labute approximate surface area is 206 Å². The molecule has 2 aliphatic heterocycles. The minimum Gasteiger partial charge on any atom is -0.347 e. The van der Waals surface area contributed by atoms with Gasteiger partial charge in [-0.3, -0.25) is 9.59 Å². The van der Waals surface area contributed by atoms with Crippen LogP contribution in [0.2, 0.25) is 0 Å². The SMILES string of the molecule is CC(C)[C@@H](C(=O)N[C@@H]1CCC2(CCN(CCC(C)(C)C)CC2)c2ccccc21)N1CCCC1=O. The first-order valence-corrected chi connectivity index (χ1v) is 13.5. The molecule has 1 aromatic rings. The van der Waals surface area contributed by atoms with Crippen LogP contribution >= 0.6 is 0 Å². The molecule has 0 saturated carbocycles. The summed E-state index contributed by atoms with van der Waals surface area (Å²) in [6.45, 7) is 15.3. The van der Waals surface area contributed by atoms with Gasteiger partial charge in [0, 0.05) is 13.0 Å². The van der Waals surface area contributed by atoms with E-state index in [0.717, 1.165) is 32.4 Å². The Hall–Kier alpha value is -1.88. The summed E-state index contributed by atoms with van der Waals surface area (Å²) in [7, 11) is 0. The van der Waals surface area contributed by atoms with Crippen molar-refractivity contribution in [3.63, 3.8) is 0 Å². The topological polar surface area (TPSA) is 52.7 Å². The van der Waals surface area contributed by atoms with Gasteiger partial charge >= 0.3 is 0 Å². The summed E-state index contributed by atoms with van der Waals surface area (Å²) in [6, 6.07) is 8.47. The molecule has 188 valence electrons. The van der Waals surface area contributed by atoms with Gasteiger partial charge in [0.25, 0.3) is 0 Å². The Bertz CT molecular complexity index is 880. The van der Waals surface area contributed by atoms with Crippen molar-refractivity contribution < 1.29 is 9.59 Å². The van der Waals surface area contributed by atoms with Crippen LogP contribution in [-0.4, -0.2) is 53.8 Å². The minimum absolute atomic E-state index is 0.0120. The lowest BCUT2D eigenvalue weighted by molar-refractivity contribution is -0.139. The molecule has 3 aliphatic rings. The van der Waals surface area contributed by atoms with Crippen molar-refractivity contribution in [2.45, 2.75) is 97.1 Å². The number of likely N-dealkylation sites (tertiary alicyclic amines) is 2. The van der Waals surface area contributed by atoms with Crippen molar-refractivity contribution in [3.05, 3.63) is 35.4 Å². The first-order valence-electron chi connectivity index (χ1n) is 13.5. The van der Waals surface area contributed by atoms with Crippen LogP contribution in [0.5, 0.6) is 0 Å². The number of hydrogen-bond acceptors (Lipinski definition) is 3. The molecule has 2 fully saturated rings. The van der Waals surface area contributed by atoms with Crippen LogP contribution in [0.3, 0.4) is 0 Å². The second-order valence-electron chi connectivity index (χ2n) is 12.5. The van der Waals surface area contributed by atoms with E-state index in [2.05, 4.69) is 55.3 Å². The largest absolute Gasteiger partial charge is 0.347 e. The summed E-state index contributed by atoms with van der Waals surface area (Å²) in [4.78, 5) is 30.3. The lowest BCUT2D eigenvalue weighted by Crippen LogP contribution is -2.52. The summed E-state index contributed by atoms with van der Waals surface area (Å²) >= 11 is 0. The zero-order valence-electron chi connectivity index (χ0n) is 22.0. The standard InChI is InChI=1S/C29H45N3O2/c1-21(2)26(32-17-8-11-25(32)33)27(34)30-24-12-13-29(23-10-7-6-9-22(23)24)15-19-31(20-16-29)18-14-28(3,4)5/h6-7,9-10,21,24,26H,8,11-20H2,1-5H3,(H,30,34)/t24-,26+/m1/s1. The molecule has 2 amide bonds. The molecule has 2 heterocycles. The first-order chi connectivity index (χ1) is 16.1. The second kappa shape index (κ2) is 10.0. The molecule has 1 spiro atoms. The summed E-state index contributed by atoms with van der Waals surface area (Å²) in [5, 5.41) is 3.38. The smallest absolute Gasteiger partial charge is 0.243 e. The number of benzene rings is 1. The van der Waals surface area contributed by atoms with Gasteiger partial charge in [-0.05, 0) is 86.0 Å². The Morgan fingerprint density at radius 1 is 1.12 bits per heavy atom. The summed E-state index contributed by atoms with van der Waals surface area (Å²) in [6.07, 6.45) is 7.16. The minimum atomic E-state index is -0.371. The number of nitrogens with zero attached hydrogens (tertiary/aromatic N) is 2. The number of fused-ring (bicyclic) bond motifs is 2.